The van der Waals surface area contributed by atoms with Gasteiger partial charge >= 0.3 is 0 Å². The van der Waals surface area contributed by atoms with E-state index in [1.165, 1.54) is 0 Å². The standard InChI is InChI=1S/C15H14ClN5O2/c1-3-21-13(15-19-9(2)20-23-15)7-17-14(21)11-5-4-10(16)6-12(11)18-8-22/h4-8H,3H2,1-2H3,(H,18,22). The normalized spacial score (nSPS) is 10.7. The molecular formula is C15H14ClN5O2. The van der Waals surface area contributed by atoms with E-state index in [1.807, 2.05) is 17.6 Å². The third-order valence-corrected chi connectivity index (χ3v) is 3.59. The Morgan fingerprint density at radius 1 is 1.43 bits per heavy atom. The van der Waals surface area contributed by atoms with Crippen LogP contribution in [0.15, 0.2) is 28.9 Å². The third-order valence-electron chi connectivity index (χ3n) is 3.36. The van der Waals surface area contributed by atoms with Crippen molar-refractivity contribution in [1.29, 1.82) is 0 Å². The van der Waals surface area contributed by atoms with E-state index < -0.39 is 0 Å². The number of benzene rings is 1. The molecule has 2 aromatic heterocycles. The largest absolute Gasteiger partial charge is 0.332 e. The van der Waals surface area contributed by atoms with Crippen molar-refractivity contribution in [3.8, 4) is 23.0 Å². The molecule has 1 N–H and O–H groups in total. The fourth-order valence-electron chi connectivity index (χ4n) is 2.38. The van der Waals surface area contributed by atoms with Crippen LogP contribution in [0, 0.1) is 6.92 Å². The zero-order valence-corrected chi connectivity index (χ0v) is 13.3. The average Bonchev–Trinajstić information content (AvgIpc) is 3.13. The van der Waals surface area contributed by atoms with E-state index in [0.29, 0.717) is 41.2 Å². The molecule has 0 aliphatic rings. The maximum absolute atomic E-state index is 10.8. The molecule has 0 spiro atoms. The Morgan fingerprint density at radius 3 is 2.91 bits per heavy atom. The smallest absolute Gasteiger partial charge is 0.276 e. The summed E-state index contributed by atoms with van der Waals surface area (Å²) in [6.45, 7) is 4.39. The highest BCUT2D eigenvalue weighted by Crippen LogP contribution is 2.32. The molecule has 7 nitrogen and oxygen atoms in total. The van der Waals surface area contributed by atoms with Crippen molar-refractivity contribution in [3.63, 3.8) is 0 Å². The molecule has 0 aliphatic heterocycles. The van der Waals surface area contributed by atoms with Gasteiger partial charge in [0.25, 0.3) is 5.89 Å². The summed E-state index contributed by atoms with van der Waals surface area (Å²) in [7, 11) is 0. The molecule has 0 saturated carbocycles. The van der Waals surface area contributed by atoms with Crippen LogP contribution in [-0.2, 0) is 11.3 Å². The number of rotatable bonds is 5. The van der Waals surface area contributed by atoms with Gasteiger partial charge in [-0.2, -0.15) is 4.98 Å². The molecule has 3 rings (SSSR count). The topological polar surface area (TPSA) is 85.8 Å². The van der Waals surface area contributed by atoms with Crippen LogP contribution in [0.4, 0.5) is 5.69 Å². The van der Waals surface area contributed by atoms with Gasteiger partial charge in [0.15, 0.2) is 5.82 Å². The van der Waals surface area contributed by atoms with E-state index in [4.69, 9.17) is 16.1 Å². The Morgan fingerprint density at radius 2 is 2.26 bits per heavy atom. The monoisotopic (exact) mass is 331 g/mol. The molecule has 0 aliphatic carbocycles. The summed E-state index contributed by atoms with van der Waals surface area (Å²) in [4.78, 5) is 19.5. The minimum atomic E-state index is 0.405. The number of carbonyl (C=O) groups is 1. The first-order chi connectivity index (χ1) is 11.1. The van der Waals surface area contributed by atoms with Gasteiger partial charge in [-0.25, -0.2) is 4.98 Å². The van der Waals surface area contributed by atoms with Crippen LogP contribution in [0.25, 0.3) is 23.0 Å². The molecule has 0 atom stereocenters. The molecule has 1 aromatic carbocycles. The average molecular weight is 332 g/mol. The van der Waals surface area contributed by atoms with Crippen LogP contribution in [0.5, 0.6) is 0 Å². The number of imidazole rings is 1. The quantitative estimate of drug-likeness (QED) is 0.726. The number of halogens is 1. The Bertz CT molecular complexity index is 855. The summed E-state index contributed by atoms with van der Waals surface area (Å²) < 4.78 is 7.16. The molecule has 0 fully saturated rings. The van der Waals surface area contributed by atoms with Crippen LogP contribution in [0.2, 0.25) is 5.02 Å². The summed E-state index contributed by atoms with van der Waals surface area (Å²) >= 11 is 6.00. The molecule has 0 unspecified atom stereocenters. The number of anilines is 1. The van der Waals surface area contributed by atoms with Gasteiger partial charge in [0.1, 0.15) is 11.5 Å². The number of aromatic nitrogens is 4. The fourth-order valence-corrected chi connectivity index (χ4v) is 2.55. The van der Waals surface area contributed by atoms with Crippen molar-refractivity contribution in [1.82, 2.24) is 19.7 Å². The highest BCUT2D eigenvalue weighted by Gasteiger charge is 2.18. The number of hydrogen-bond donors (Lipinski definition) is 1. The fraction of sp³-hybridized carbons (Fsp3) is 0.200. The molecule has 118 valence electrons. The molecule has 2 heterocycles. The van der Waals surface area contributed by atoms with Gasteiger partial charge in [-0.1, -0.05) is 16.8 Å². The second-order valence-electron chi connectivity index (χ2n) is 4.81. The lowest BCUT2D eigenvalue weighted by atomic mass is 10.1. The Hall–Kier alpha value is -2.67. The zero-order valence-electron chi connectivity index (χ0n) is 12.6. The van der Waals surface area contributed by atoms with Crippen molar-refractivity contribution in [2.24, 2.45) is 0 Å². The van der Waals surface area contributed by atoms with Gasteiger partial charge in [0.05, 0.1) is 11.9 Å². The Labute approximate surface area is 137 Å². The first-order valence-corrected chi connectivity index (χ1v) is 7.38. The summed E-state index contributed by atoms with van der Waals surface area (Å²) in [5.41, 5.74) is 2.06. The Balaban J connectivity index is 2.14. The summed E-state index contributed by atoms with van der Waals surface area (Å²) in [5.74, 6) is 1.64. The van der Waals surface area contributed by atoms with E-state index in [-0.39, 0.29) is 0 Å². The Kier molecular flexibility index (Phi) is 4.12. The zero-order chi connectivity index (χ0) is 16.4. The minimum Gasteiger partial charge on any atom is -0.332 e. The predicted molar refractivity (Wildman–Crippen MR) is 86.1 cm³/mol. The first kappa shape index (κ1) is 15.2. The van der Waals surface area contributed by atoms with Gasteiger partial charge in [-0.3, -0.25) is 4.79 Å². The van der Waals surface area contributed by atoms with Crippen LogP contribution >= 0.6 is 11.6 Å². The maximum atomic E-state index is 10.8. The molecular weight excluding hydrogens is 318 g/mol. The van der Waals surface area contributed by atoms with E-state index in [1.54, 1.807) is 25.3 Å². The number of nitrogens with one attached hydrogen (secondary N) is 1. The second-order valence-corrected chi connectivity index (χ2v) is 5.25. The van der Waals surface area contributed by atoms with E-state index in [0.717, 1.165) is 11.3 Å². The van der Waals surface area contributed by atoms with E-state index in [2.05, 4.69) is 20.4 Å². The SMILES string of the molecule is CCn1c(-c2nc(C)no2)cnc1-c1ccc(Cl)cc1NC=O. The summed E-state index contributed by atoms with van der Waals surface area (Å²) in [5, 5.41) is 6.98. The molecule has 1 amide bonds. The lowest BCUT2D eigenvalue weighted by Crippen LogP contribution is -2.03. The van der Waals surface area contributed by atoms with Gasteiger partial charge < -0.3 is 14.4 Å². The summed E-state index contributed by atoms with van der Waals surface area (Å²) in [6, 6.07) is 5.24. The van der Waals surface area contributed by atoms with Crippen LogP contribution < -0.4 is 5.32 Å². The number of aryl methyl sites for hydroxylation is 1. The molecule has 3 aromatic rings. The van der Waals surface area contributed by atoms with Crippen molar-refractivity contribution in [2.75, 3.05) is 5.32 Å². The molecule has 0 bridgehead atoms. The van der Waals surface area contributed by atoms with Crippen LogP contribution in [-0.4, -0.2) is 26.1 Å². The van der Waals surface area contributed by atoms with Gasteiger partial charge in [-0.05, 0) is 32.0 Å². The predicted octanol–water partition coefficient (Wildman–Crippen LogP) is 3.15. The minimum absolute atomic E-state index is 0.405. The van der Waals surface area contributed by atoms with Crippen molar-refractivity contribution in [2.45, 2.75) is 20.4 Å². The van der Waals surface area contributed by atoms with Gasteiger partial charge in [0, 0.05) is 17.1 Å². The second kappa shape index (κ2) is 6.21. The van der Waals surface area contributed by atoms with Gasteiger partial charge in [-0.15, -0.1) is 0 Å². The number of carbonyl (C=O) groups excluding carboxylic acids is 1. The number of hydrogen-bond acceptors (Lipinski definition) is 5. The molecule has 8 heteroatoms. The van der Waals surface area contributed by atoms with Crippen molar-refractivity contribution < 1.29 is 9.32 Å². The lowest BCUT2D eigenvalue weighted by molar-refractivity contribution is -0.105. The molecule has 0 radical (unpaired) electrons. The van der Waals surface area contributed by atoms with E-state index >= 15 is 0 Å². The highest BCUT2D eigenvalue weighted by molar-refractivity contribution is 6.31. The third kappa shape index (κ3) is 2.83. The molecule has 23 heavy (non-hydrogen) atoms. The number of amides is 1. The van der Waals surface area contributed by atoms with Crippen molar-refractivity contribution >= 4 is 23.7 Å². The van der Waals surface area contributed by atoms with Crippen LogP contribution in [0.3, 0.4) is 0 Å². The number of nitrogens with zero attached hydrogens (tertiary/aromatic N) is 4. The summed E-state index contributed by atoms with van der Waals surface area (Å²) in [6.07, 6.45) is 2.28. The first-order valence-electron chi connectivity index (χ1n) is 7.00. The van der Waals surface area contributed by atoms with E-state index in [9.17, 15) is 4.79 Å². The lowest BCUT2D eigenvalue weighted by Gasteiger charge is -2.11. The highest BCUT2D eigenvalue weighted by atomic mass is 35.5. The maximum Gasteiger partial charge on any atom is 0.276 e. The molecule has 0 saturated heterocycles. The van der Waals surface area contributed by atoms with Crippen LogP contribution in [0.1, 0.15) is 12.7 Å². The van der Waals surface area contributed by atoms with Crippen molar-refractivity contribution in [3.05, 3.63) is 35.2 Å². The van der Waals surface area contributed by atoms with Gasteiger partial charge in [0.2, 0.25) is 6.41 Å².